The van der Waals surface area contributed by atoms with Crippen LogP contribution in [0.25, 0.3) is 16.6 Å². The summed E-state index contributed by atoms with van der Waals surface area (Å²) in [6.45, 7) is 3.91. The zero-order valence-corrected chi connectivity index (χ0v) is 20.0. The Balaban J connectivity index is 1.72. The van der Waals surface area contributed by atoms with Crippen molar-refractivity contribution < 1.29 is 4.79 Å². The van der Waals surface area contributed by atoms with Gasteiger partial charge >= 0.3 is 0 Å². The van der Waals surface area contributed by atoms with E-state index in [2.05, 4.69) is 27.9 Å². The van der Waals surface area contributed by atoms with E-state index in [1.807, 2.05) is 80.6 Å². The Labute approximate surface area is 198 Å². The lowest BCUT2D eigenvalue weighted by molar-refractivity contribution is -0.113. The summed E-state index contributed by atoms with van der Waals surface area (Å²) in [6, 6.07) is 20.9. The van der Waals surface area contributed by atoms with E-state index in [4.69, 9.17) is 4.98 Å². The SMILES string of the molecule is Cc1ccccc1NC(=O)CSc1nc2ccc(I)cc2c(=O)n1-c1ccccc1C. The predicted octanol–water partition coefficient (Wildman–Crippen LogP) is 5.34. The number of hydrogen-bond acceptors (Lipinski definition) is 4. The minimum absolute atomic E-state index is 0.139. The van der Waals surface area contributed by atoms with Crippen LogP contribution in [-0.2, 0) is 4.79 Å². The molecule has 0 fully saturated rings. The number of aryl methyl sites for hydroxylation is 2. The maximum Gasteiger partial charge on any atom is 0.266 e. The molecule has 31 heavy (non-hydrogen) atoms. The van der Waals surface area contributed by atoms with Gasteiger partial charge in [0.1, 0.15) is 0 Å². The Morgan fingerprint density at radius 3 is 2.48 bits per heavy atom. The highest BCUT2D eigenvalue weighted by atomic mass is 127. The van der Waals surface area contributed by atoms with E-state index < -0.39 is 0 Å². The van der Waals surface area contributed by atoms with Crippen molar-refractivity contribution in [1.82, 2.24) is 9.55 Å². The van der Waals surface area contributed by atoms with Crippen molar-refractivity contribution in [2.24, 2.45) is 0 Å². The molecule has 1 N–H and O–H groups in total. The Hall–Kier alpha value is -2.65. The van der Waals surface area contributed by atoms with E-state index in [1.54, 1.807) is 4.57 Å². The van der Waals surface area contributed by atoms with Crippen molar-refractivity contribution >= 4 is 56.9 Å². The molecular weight excluding hydrogens is 521 g/mol. The quantitative estimate of drug-likeness (QED) is 0.211. The van der Waals surface area contributed by atoms with Crippen LogP contribution in [0.3, 0.4) is 0 Å². The molecule has 156 valence electrons. The molecule has 0 saturated carbocycles. The molecule has 0 aliphatic rings. The van der Waals surface area contributed by atoms with Crippen molar-refractivity contribution in [3.63, 3.8) is 0 Å². The number of thioether (sulfide) groups is 1. The van der Waals surface area contributed by atoms with Crippen LogP contribution >= 0.6 is 34.4 Å². The Kier molecular flexibility index (Phi) is 6.43. The summed E-state index contributed by atoms with van der Waals surface area (Å²) >= 11 is 3.45. The summed E-state index contributed by atoms with van der Waals surface area (Å²) in [6.07, 6.45) is 0. The third kappa shape index (κ3) is 4.67. The van der Waals surface area contributed by atoms with E-state index in [9.17, 15) is 9.59 Å². The highest BCUT2D eigenvalue weighted by Crippen LogP contribution is 2.24. The van der Waals surface area contributed by atoms with Crippen LogP contribution in [0.15, 0.2) is 76.7 Å². The van der Waals surface area contributed by atoms with E-state index in [0.29, 0.717) is 16.1 Å². The van der Waals surface area contributed by atoms with Gasteiger partial charge in [-0.25, -0.2) is 4.98 Å². The molecule has 3 aromatic carbocycles. The molecule has 0 aliphatic heterocycles. The Bertz CT molecular complexity index is 1350. The first-order valence-corrected chi connectivity index (χ1v) is 11.8. The molecule has 1 heterocycles. The first kappa shape index (κ1) is 21.6. The summed E-state index contributed by atoms with van der Waals surface area (Å²) in [4.78, 5) is 30.8. The zero-order chi connectivity index (χ0) is 22.0. The number of halogens is 1. The van der Waals surface area contributed by atoms with Gasteiger partial charge < -0.3 is 5.32 Å². The van der Waals surface area contributed by atoms with Gasteiger partial charge in [-0.05, 0) is 77.9 Å². The van der Waals surface area contributed by atoms with Crippen LogP contribution in [0.4, 0.5) is 5.69 Å². The molecule has 1 aromatic heterocycles. The summed E-state index contributed by atoms with van der Waals surface area (Å²) < 4.78 is 2.58. The van der Waals surface area contributed by atoms with Gasteiger partial charge in [-0.15, -0.1) is 0 Å². The summed E-state index contributed by atoms with van der Waals surface area (Å²) in [5, 5.41) is 3.99. The highest BCUT2D eigenvalue weighted by Gasteiger charge is 2.16. The number of amides is 1. The number of carbonyl (C=O) groups excluding carboxylic acids is 1. The largest absolute Gasteiger partial charge is 0.325 e. The van der Waals surface area contributed by atoms with Gasteiger partial charge in [-0.1, -0.05) is 48.2 Å². The molecule has 0 aliphatic carbocycles. The smallest absolute Gasteiger partial charge is 0.266 e. The van der Waals surface area contributed by atoms with Gasteiger partial charge in [-0.3, -0.25) is 14.2 Å². The third-order valence-electron chi connectivity index (χ3n) is 4.91. The molecule has 0 spiro atoms. The van der Waals surface area contributed by atoms with E-state index in [0.717, 1.165) is 26.1 Å². The average Bonchev–Trinajstić information content (AvgIpc) is 2.75. The number of carbonyl (C=O) groups is 1. The van der Waals surface area contributed by atoms with Gasteiger partial charge in [0.25, 0.3) is 5.56 Å². The van der Waals surface area contributed by atoms with Gasteiger partial charge in [0, 0.05) is 9.26 Å². The molecule has 7 heteroatoms. The first-order valence-electron chi connectivity index (χ1n) is 9.70. The predicted molar refractivity (Wildman–Crippen MR) is 135 cm³/mol. The lowest BCUT2D eigenvalue weighted by Crippen LogP contribution is -2.23. The summed E-state index contributed by atoms with van der Waals surface area (Å²) in [5.74, 6) is -0.00435. The summed E-state index contributed by atoms with van der Waals surface area (Å²) in [5.41, 5.74) is 3.99. The molecule has 0 atom stereocenters. The standard InChI is InChI=1S/C24H20IN3O2S/c1-15-7-3-5-9-19(15)26-22(29)14-31-24-27-20-12-11-17(25)13-18(20)23(30)28(24)21-10-6-4-8-16(21)2/h3-13H,14H2,1-2H3,(H,26,29). The number of nitrogens with one attached hydrogen (secondary N) is 1. The number of anilines is 1. The average molecular weight is 541 g/mol. The molecule has 4 rings (SSSR count). The molecule has 1 amide bonds. The number of benzene rings is 3. The minimum atomic E-state index is -0.146. The van der Waals surface area contributed by atoms with Crippen molar-refractivity contribution in [3.8, 4) is 5.69 Å². The monoisotopic (exact) mass is 541 g/mol. The van der Waals surface area contributed by atoms with E-state index in [1.165, 1.54) is 11.8 Å². The normalized spacial score (nSPS) is 10.9. The van der Waals surface area contributed by atoms with Gasteiger partial charge in [0.2, 0.25) is 5.91 Å². The fourth-order valence-electron chi connectivity index (χ4n) is 3.29. The molecule has 0 unspecified atom stereocenters. The fraction of sp³-hybridized carbons (Fsp3) is 0.125. The molecule has 0 bridgehead atoms. The van der Waals surface area contributed by atoms with E-state index >= 15 is 0 Å². The highest BCUT2D eigenvalue weighted by molar-refractivity contribution is 14.1. The van der Waals surface area contributed by atoms with Crippen molar-refractivity contribution in [1.29, 1.82) is 0 Å². The van der Waals surface area contributed by atoms with Crippen LogP contribution in [0.2, 0.25) is 0 Å². The number of rotatable bonds is 5. The first-order chi connectivity index (χ1) is 14.9. The lowest BCUT2D eigenvalue weighted by atomic mass is 10.2. The second kappa shape index (κ2) is 9.23. The van der Waals surface area contributed by atoms with Crippen molar-refractivity contribution in [2.75, 3.05) is 11.1 Å². The Morgan fingerprint density at radius 2 is 1.74 bits per heavy atom. The van der Waals surface area contributed by atoms with Gasteiger partial charge in [0.15, 0.2) is 5.16 Å². The van der Waals surface area contributed by atoms with Crippen molar-refractivity contribution in [3.05, 3.63) is 91.8 Å². The lowest BCUT2D eigenvalue weighted by Gasteiger charge is -2.15. The van der Waals surface area contributed by atoms with Crippen LogP contribution < -0.4 is 10.9 Å². The number of aromatic nitrogens is 2. The van der Waals surface area contributed by atoms with Crippen LogP contribution in [0.5, 0.6) is 0 Å². The topological polar surface area (TPSA) is 64.0 Å². The van der Waals surface area contributed by atoms with Crippen LogP contribution in [0, 0.1) is 17.4 Å². The second-order valence-electron chi connectivity index (χ2n) is 7.13. The maximum atomic E-state index is 13.4. The third-order valence-corrected chi connectivity index (χ3v) is 6.52. The fourth-order valence-corrected chi connectivity index (χ4v) is 4.59. The summed E-state index contributed by atoms with van der Waals surface area (Å²) in [7, 11) is 0. The number of nitrogens with zero attached hydrogens (tertiary/aromatic N) is 2. The maximum absolute atomic E-state index is 13.4. The second-order valence-corrected chi connectivity index (χ2v) is 9.32. The number of hydrogen-bond donors (Lipinski definition) is 1. The molecule has 5 nitrogen and oxygen atoms in total. The zero-order valence-electron chi connectivity index (χ0n) is 17.1. The Morgan fingerprint density at radius 1 is 1.03 bits per heavy atom. The molecular formula is C24H20IN3O2S. The van der Waals surface area contributed by atoms with Crippen molar-refractivity contribution in [2.45, 2.75) is 19.0 Å². The number of para-hydroxylation sites is 2. The molecule has 0 radical (unpaired) electrons. The van der Waals surface area contributed by atoms with Crippen LogP contribution in [-0.4, -0.2) is 21.2 Å². The molecule has 0 saturated heterocycles. The molecule has 4 aromatic rings. The van der Waals surface area contributed by atoms with E-state index in [-0.39, 0.29) is 17.2 Å². The van der Waals surface area contributed by atoms with Crippen LogP contribution in [0.1, 0.15) is 11.1 Å². The number of fused-ring (bicyclic) bond motifs is 1. The van der Waals surface area contributed by atoms with Gasteiger partial charge in [0.05, 0.1) is 22.3 Å². The van der Waals surface area contributed by atoms with Gasteiger partial charge in [-0.2, -0.15) is 0 Å². The minimum Gasteiger partial charge on any atom is -0.325 e.